The fraction of sp³-hybridized carbons (Fsp3) is 0.500. The molecule has 0 unspecified atom stereocenters. The van der Waals surface area contributed by atoms with Gasteiger partial charge in [0.15, 0.2) is 5.82 Å². The van der Waals surface area contributed by atoms with E-state index in [0.29, 0.717) is 12.4 Å². The Morgan fingerprint density at radius 3 is 2.55 bits per heavy atom. The molecule has 22 heavy (non-hydrogen) atoms. The van der Waals surface area contributed by atoms with Gasteiger partial charge in [-0.3, -0.25) is 4.90 Å². The molecule has 1 fully saturated rings. The molecule has 0 radical (unpaired) electrons. The van der Waals surface area contributed by atoms with Gasteiger partial charge in [-0.15, -0.1) is 12.4 Å². The Hall–Kier alpha value is -1.43. The first-order valence-corrected chi connectivity index (χ1v) is 7.61. The molecule has 0 spiro atoms. The number of benzene rings is 1. The molecule has 0 amide bonds. The standard InChI is InChI=1S/C16H22N4O.ClH/c17-11-16-18-15(19-21-16)12-20-8-6-14(7-9-20)10-13-4-2-1-3-5-13;/h1-5,14H,6-12,17H2;1H. The largest absolute Gasteiger partial charge is 0.338 e. The van der Waals surface area contributed by atoms with Crippen molar-refractivity contribution < 1.29 is 4.52 Å². The molecule has 0 aliphatic carbocycles. The summed E-state index contributed by atoms with van der Waals surface area (Å²) in [6, 6.07) is 10.8. The topological polar surface area (TPSA) is 68.2 Å². The summed E-state index contributed by atoms with van der Waals surface area (Å²) in [5.41, 5.74) is 6.92. The Labute approximate surface area is 137 Å². The molecule has 1 saturated heterocycles. The van der Waals surface area contributed by atoms with Crippen molar-refractivity contribution in [3.63, 3.8) is 0 Å². The number of rotatable bonds is 5. The van der Waals surface area contributed by atoms with Gasteiger partial charge in [0.25, 0.3) is 0 Å². The van der Waals surface area contributed by atoms with E-state index >= 15 is 0 Å². The molecular weight excluding hydrogens is 300 g/mol. The maximum Gasteiger partial charge on any atom is 0.240 e. The van der Waals surface area contributed by atoms with Crippen molar-refractivity contribution in [2.75, 3.05) is 13.1 Å². The zero-order chi connectivity index (χ0) is 14.5. The van der Waals surface area contributed by atoms with Crippen molar-refractivity contribution in [1.29, 1.82) is 0 Å². The van der Waals surface area contributed by atoms with Crippen LogP contribution in [-0.4, -0.2) is 28.1 Å². The molecule has 0 saturated carbocycles. The highest BCUT2D eigenvalue weighted by Crippen LogP contribution is 2.22. The van der Waals surface area contributed by atoms with E-state index in [1.54, 1.807) is 0 Å². The molecule has 0 atom stereocenters. The maximum absolute atomic E-state index is 5.48. The zero-order valence-corrected chi connectivity index (χ0v) is 13.5. The lowest BCUT2D eigenvalue weighted by Crippen LogP contribution is -2.34. The van der Waals surface area contributed by atoms with Crippen LogP contribution in [0.1, 0.15) is 30.1 Å². The van der Waals surface area contributed by atoms with E-state index in [0.717, 1.165) is 31.4 Å². The number of nitrogens with zero attached hydrogens (tertiary/aromatic N) is 3. The van der Waals surface area contributed by atoms with Gasteiger partial charge in [-0.05, 0) is 43.8 Å². The first-order valence-electron chi connectivity index (χ1n) is 7.61. The van der Waals surface area contributed by atoms with Crippen molar-refractivity contribution in [3.05, 3.63) is 47.6 Å². The lowest BCUT2D eigenvalue weighted by Gasteiger charge is -2.31. The van der Waals surface area contributed by atoms with Crippen LogP contribution in [0.3, 0.4) is 0 Å². The fourth-order valence-electron chi connectivity index (χ4n) is 2.93. The number of hydrogen-bond donors (Lipinski definition) is 1. The van der Waals surface area contributed by atoms with Gasteiger partial charge in [-0.2, -0.15) is 4.98 Å². The second-order valence-electron chi connectivity index (χ2n) is 5.72. The highest BCUT2D eigenvalue weighted by Gasteiger charge is 2.20. The van der Waals surface area contributed by atoms with E-state index in [1.807, 2.05) is 0 Å². The monoisotopic (exact) mass is 322 g/mol. The third-order valence-electron chi connectivity index (χ3n) is 4.12. The Kier molecular flexibility index (Phi) is 6.36. The first-order chi connectivity index (χ1) is 10.3. The fourth-order valence-corrected chi connectivity index (χ4v) is 2.93. The summed E-state index contributed by atoms with van der Waals surface area (Å²) in [4.78, 5) is 6.66. The molecule has 1 aliphatic rings. The average Bonchev–Trinajstić information content (AvgIpc) is 2.98. The third-order valence-corrected chi connectivity index (χ3v) is 4.12. The van der Waals surface area contributed by atoms with Crippen LogP contribution < -0.4 is 5.73 Å². The zero-order valence-electron chi connectivity index (χ0n) is 12.6. The van der Waals surface area contributed by atoms with E-state index in [9.17, 15) is 0 Å². The lowest BCUT2D eigenvalue weighted by molar-refractivity contribution is 0.172. The van der Waals surface area contributed by atoms with Crippen LogP contribution in [0.2, 0.25) is 0 Å². The van der Waals surface area contributed by atoms with Crippen molar-refractivity contribution in [1.82, 2.24) is 15.0 Å². The molecule has 120 valence electrons. The summed E-state index contributed by atoms with van der Waals surface area (Å²) < 4.78 is 5.04. The number of nitrogens with two attached hydrogens (primary N) is 1. The SMILES string of the molecule is Cl.NCc1nc(CN2CCC(Cc3ccccc3)CC2)no1. The molecule has 2 N–H and O–H groups in total. The van der Waals surface area contributed by atoms with Gasteiger partial charge in [0.1, 0.15) is 0 Å². The predicted octanol–water partition coefficient (Wildman–Crippen LogP) is 2.40. The van der Waals surface area contributed by atoms with E-state index in [-0.39, 0.29) is 12.4 Å². The number of piperidine rings is 1. The molecule has 1 aliphatic heterocycles. The van der Waals surface area contributed by atoms with Crippen LogP contribution in [0.4, 0.5) is 0 Å². The maximum atomic E-state index is 5.48. The average molecular weight is 323 g/mol. The van der Waals surface area contributed by atoms with Crippen LogP contribution in [0.25, 0.3) is 0 Å². The van der Waals surface area contributed by atoms with Gasteiger partial charge in [-0.1, -0.05) is 35.5 Å². The minimum absolute atomic E-state index is 0. The van der Waals surface area contributed by atoms with E-state index in [1.165, 1.54) is 24.8 Å². The molecule has 5 nitrogen and oxygen atoms in total. The van der Waals surface area contributed by atoms with Gasteiger partial charge >= 0.3 is 0 Å². The summed E-state index contributed by atoms with van der Waals surface area (Å²) in [6.45, 7) is 3.28. The van der Waals surface area contributed by atoms with Crippen LogP contribution in [-0.2, 0) is 19.5 Å². The molecule has 1 aromatic heterocycles. The normalized spacial score (nSPS) is 16.4. The van der Waals surface area contributed by atoms with Crippen LogP contribution in [0, 0.1) is 5.92 Å². The lowest BCUT2D eigenvalue weighted by atomic mass is 9.90. The van der Waals surface area contributed by atoms with Crippen LogP contribution in [0.5, 0.6) is 0 Å². The highest BCUT2D eigenvalue weighted by atomic mass is 35.5. The molecule has 2 heterocycles. The highest BCUT2D eigenvalue weighted by molar-refractivity contribution is 5.85. The van der Waals surface area contributed by atoms with Crippen molar-refractivity contribution in [2.45, 2.75) is 32.4 Å². The quantitative estimate of drug-likeness (QED) is 0.915. The Morgan fingerprint density at radius 1 is 1.18 bits per heavy atom. The van der Waals surface area contributed by atoms with Crippen LogP contribution >= 0.6 is 12.4 Å². The van der Waals surface area contributed by atoms with Gasteiger partial charge < -0.3 is 10.3 Å². The minimum atomic E-state index is 0. The van der Waals surface area contributed by atoms with E-state index in [2.05, 4.69) is 45.4 Å². The van der Waals surface area contributed by atoms with Gasteiger partial charge in [0, 0.05) is 0 Å². The number of hydrogen-bond acceptors (Lipinski definition) is 5. The number of likely N-dealkylation sites (tertiary alicyclic amines) is 1. The second-order valence-corrected chi connectivity index (χ2v) is 5.72. The predicted molar refractivity (Wildman–Crippen MR) is 87.6 cm³/mol. The van der Waals surface area contributed by atoms with Crippen LogP contribution in [0.15, 0.2) is 34.9 Å². The summed E-state index contributed by atoms with van der Waals surface area (Å²) in [5.74, 6) is 2.05. The third kappa shape index (κ3) is 4.53. The molecule has 3 rings (SSSR count). The van der Waals surface area contributed by atoms with Gasteiger partial charge in [0.2, 0.25) is 5.89 Å². The first kappa shape index (κ1) is 16.9. The number of halogens is 1. The Balaban J connectivity index is 0.00000176. The smallest absolute Gasteiger partial charge is 0.240 e. The molecule has 6 heteroatoms. The van der Waals surface area contributed by atoms with Crippen molar-refractivity contribution >= 4 is 12.4 Å². The number of aromatic nitrogens is 2. The summed E-state index contributed by atoms with van der Waals surface area (Å²) in [6.07, 6.45) is 3.65. The minimum Gasteiger partial charge on any atom is -0.338 e. The molecule has 2 aromatic rings. The summed E-state index contributed by atoms with van der Waals surface area (Å²) in [5, 5.41) is 3.96. The molecular formula is C16H23ClN4O. The van der Waals surface area contributed by atoms with E-state index < -0.39 is 0 Å². The second kappa shape index (κ2) is 8.27. The van der Waals surface area contributed by atoms with Gasteiger partial charge in [-0.25, -0.2) is 0 Å². The molecule has 0 bridgehead atoms. The Morgan fingerprint density at radius 2 is 1.91 bits per heavy atom. The summed E-state index contributed by atoms with van der Waals surface area (Å²) >= 11 is 0. The van der Waals surface area contributed by atoms with E-state index in [4.69, 9.17) is 10.3 Å². The van der Waals surface area contributed by atoms with Gasteiger partial charge in [0.05, 0.1) is 13.1 Å². The van der Waals surface area contributed by atoms with Crippen molar-refractivity contribution in [2.24, 2.45) is 11.7 Å². The Bertz CT molecular complexity index is 552. The van der Waals surface area contributed by atoms with Crippen molar-refractivity contribution in [3.8, 4) is 0 Å². The molecule has 1 aromatic carbocycles. The summed E-state index contributed by atoms with van der Waals surface area (Å²) in [7, 11) is 0.